The molecule has 5 heteroatoms. The number of hydrogen-bond donors (Lipinski definition) is 1. The number of hydrogen-bond acceptors (Lipinski definition) is 3. The third kappa shape index (κ3) is 2.78. The van der Waals surface area contributed by atoms with Crippen molar-refractivity contribution in [3.8, 4) is 5.75 Å². The molecule has 1 N–H and O–H groups in total. The van der Waals surface area contributed by atoms with Crippen molar-refractivity contribution in [2.75, 3.05) is 0 Å². The van der Waals surface area contributed by atoms with Crippen molar-refractivity contribution in [3.63, 3.8) is 0 Å². The Morgan fingerprint density at radius 3 is 2.83 bits per heavy atom. The fourth-order valence-corrected chi connectivity index (χ4v) is 3.86. The molecule has 4 aromatic rings. The van der Waals surface area contributed by atoms with E-state index >= 15 is 0 Å². The molecule has 4 rings (SSSR count). The smallest absolute Gasteiger partial charge is 0.256 e. The van der Waals surface area contributed by atoms with E-state index < -0.39 is 0 Å². The first-order valence-corrected chi connectivity index (χ1v) is 8.78. The van der Waals surface area contributed by atoms with Gasteiger partial charge in [-0.05, 0) is 47.3 Å². The fraction of sp³-hybridized carbons (Fsp3) is 0.0556. The van der Waals surface area contributed by atoms with Crippen LogP contribution in [0.3, 0.4) is 0 Å². The highest BCUT2D eigenvalue weighted by atomic mass is 79.9. The van der Waals surface area contributed by atoms with E-state index in [0.29, 0.717) is 12.0 Å². The summed E-state index contributed by atoms with van der Waals surface area (Å²) in [4.78, 5) is 15.9. The summed E-state index contributed by atoms with van der Waals surface area (Å²) < 4.78 is 6.92. The predicted octanol–water partition coefficient (Wildman–Crippen LogP) is 5.08. The molecule has 0 amide bonds. The summed E-state index contributed by atoms with van der Waals surface area (Å²) in [5.74, 6) is 0.760. The highest BCUT2D eigenvalue weighted by molar-refractivity contribution is 9.10. The van der Waals surface area contributed by atoms with Crippen LogP contribution in [0.25, 0.3) is 21.0 Å². The van der Waals surface area contributed by atoms with Crippen molar-refractivity contribution in [1.82, 2.24) is 4.98 Å². The van der Waals surface area contributed by atoms with Gasteiger partial charge in [-0.3, -0.25) is 4.79 Å². The maximum Gasteiger partial charge on any atom is 0.256 e. The van der Waals surface area contributed by atoms with Crippen LogP contribution in [0.4, 0.5) is 0 Å². The number of fused-ring (bicyclic) bond motifs is 3. The van der Waals surface area contributed by atoms with Gasteiger partial charge in [-0.15, -0.1) is 11.3 Å². The van der Waals surface area contributed by atoms with Crippen molar-refractivity contribution in [2.45, 2.75) is 6.61 Å². The lowest BCUT2D eigenvalue weighted by Crippen LogP contribution is -2.05. The molecule has 0 bridgehead atoms. The molecule has 3 nitrogen and oxygen atoms in total. The van der Waals surface area contributed by atoms with Crippen molar-refractivity contribution < 1.29 is 4.74 Å². The third-order valence-electron chi connectivity index (χ3n) is 3.71. The standard InChI is InChI=1S/C18H12BrNO2S/c19-12-3-1-2-11(8-12)10-22-13-4-5-14-16(9-13)15-6-7-23-18(15)20-17(14)21/h1-9H,10H2,(H,20,21). The van der Waals surface area contributed by atoms with Crippen LogP contribution in [0.5, 0.6) is 5.75 Å². The van der Waals surface area contributed by atoms with E-state index in [2.05, 4.69) is 20.9 Å². The van der Waals surface area contributed by atoms with E-state index in [1.807, 2.05) is 53.9 Å². The SMILES string of the molecule is O=c1[nH]c2sccc2c2cc(OCc3cccc(Br)c3)ccc12. The van der Waals surface area contributed by atoms with E-state index in [9.17, 15) is 4.79 Å². The predicted molar refractivity (Wildman–Crippen MR) is 98.4 cm³/mol. The highest BCUT2D eigenvalue weighted by Crippen LogP contribution is 2.28. The van der Waals surface area contributed by atoms with Gasteiger partial charge in [-0.25, -0.2) is 0 Å². The molecule has 0 atom stereocenters. The fourth-order valence-electron chi connectivity index (χ4n) is 2.62. The number of nitrogens with one attached hydrogen (secondary N) is 1. The Labute approximate surface area is 144 Å². The van der Waals surface area contributed by atoms with Gasteiger partial charge in [0.15, 0.2) is 0 Å². The molecule has 0 unspecified atom stereocenters. The molecular weight excluding hydrogens is 374 g/mol. The number of benzene rings is 2. The number of aromatic nitrogens is 1. The van der Waals surface area contributed by atoms with Crippen molar-refractivity contribution in [3.05, 3.63) is 74.3 Å². The minimum atomic E-state index is -0.0616. The molecule has 2 aromatic heterocycles. The van der Waals surface area contributed by atoms with Crippen LogP contribution in [-0.4, -0.2) is 4.98 Å². The molecule has 0 radical (unpaired) electrons. The molecule has 0 spiro atoms. The van der Waals surface area contributed by atoms with Crippen LogP contribution in [0.2, 0.25) is 0 Å². The Balaban J connectivity index is 1.72. The topological polar surface area (TPSA) is 42.1 Å². The molecule has 0 saturated carbocycles. The van der Waals surface area contributed by atoms with Gasteiger partial charge in [0.05, 0.1) is 0 Å². The highest BCUT2D eigenvalue weighted by Gasteiger charge is 2.07. The van der Waals surface area contributed by atoms with Gasteiger partial charge in [-0.2, -0.15) is 0 Å². The summed E-state index contributed by atoms with van der Waals surface area (Å²) in [6.07, 6.45) is 0. The second kappa shape index (κ2) is 5.83. The van der Waals surface area contributed by atoms with E-state index in [0.717, 1.165) is 31.4 Å². The number of thiophene rings is 1. The molecule has 0 aliphatic rings. The molecule has 2 aromatic carbocycles. The van der Waals surface area contributed by atoms with Crippen molar-refractivity contribution >= 4 is 48.3 Å². The first kappa shape index (κ1) is 14.5. The van der Waals surface area contributed by atoms with Crippen molar-refractivity contribution in [2.24, 2.45) is 0 Å². The molecule has 2 heterocycles. The Bertz CT molecular complexity index is 1070. The second-order valence-electron chi connectivity index (χ2n) is 5.24. The number of rotatable bonds is 3. The zero-order valence-corrected chi connectivity index (χ0v) is 14.4. The quantitative estimate of drug-likeness (QED) is 0.533. The monoisotopic (exact) mass is 385 g/mol. The summed E-state index contributed by atoms with van der Waals surface area (Å²) >= 11 is 4.99. The third-order valence-corrected chi connectivity index (χ3v) is 5.04. The minimum absolute atomic E-state index is 0.0616. The second-order valence-corrected chi connectivity index (χ2v) is 7.08. The average Bonchev–Trinajstić information content (AvgIpc) is 3.01. The summed E-state index contributed by atoms with van der Waals surface area (Å²) in [6, 6.07) is 15.6. The number of pyridine rings is 1. The first-order valence-electron chi connectivity index (χ1n) is 7.11. The lowest BCUT2D eigenvalue weighted by molar-refractivity contribution is 0.306. The number of halogens is 1. The Hall–Kier alpha value is -2.11. The first-order chi connectivity index (χ1) is 11.2. The van der Waals surface area contributed by atoms with Gasteiger partial charge in [0.25, 0.3) is 5.56 Å². The Kier molecular flexibility index (Phi) is 3.67. The van der Waals surface area contributed by atoms with Gasteiger partial charge in [0.1, 0.15) is 17.2 Å². The zero-order chi connectivity index (χ0) is 15.8. The van der Waals surface area contributed by atoms with Crippen LogP contribution in [0, 0.1) is 0 Å². The maximum absolute atomic E-state index is 12.1. The molecule has 0 aliphatic carbocycles. The maximum atomic E-state index is 12.1. The molecular formula is C18H12BrNO2S. The van der Waals surface area contributed by atoms with Crippen LogP contribution in [-0.2, 0) is 6.61 Å². The molecule has 0 saturated heterocycles. The molecule has 0 fully saturated rings. The summed E-state index contributed by atoms with van der Waals surface area (Å²) in [7, 11) is 0. The van der Waals surface area contributed by atoms with Gasteiger partial charge in [-0.1, -0.05) is 28.1 Å². The Morgan fingerprint density at radius 1 is 1.04 bits per heavy atom. The number of H-pyrrole nitrogens is 1. The molecule has 23 heavy (non-hydrogen) atoms. The van der Waals surface area contributed by atoms with Crippen LogP contribution < -0.4 is 10.3 Å². The lowest BCUT2D eigenvalue weighted by Gasteiger charge is -2.08. The van der Waals surface area contributed by atoms with E-state index in [1.165, 1.54) is 11.3 Å². The van der Waals surface area contributed by atoms with E-state index in [4.69, 9.17) is 4.74 Å². The molecule has 0 aliphatic heterocycles. The van der Waals surface area contributed by atoms with Gasteiger partial charge in [0, 0.05) is 20.6 Å². The summed E-state index contributed by atoms with van der Waals surface area (Å²) in [5.41, 5.74) is 1.03. The normalized spacial score (nSPS) is 11.2. The zero-order valence-electron chi connectivity index (χ0n) is 12.0. The van der Waals surface area contributed by atoms with Crippen LogP contribution >= 0.6 is 27.3 Å². The number of ether oxygens (including phenoxy) is 1. The van der Waals surface area contributed by atoms with Crippen molar-refractivity contribution in [1.29, 1.82) is 0 Å². The Morgan fingerprint density at radius 2 is 1.96 bits per heavy atom. The van der Waals surface area contributed by atoms with Gasteiger partial charge >= 0.3 is 0 Å². The van der Waals surface area contributed by atoms with Gasteiger partial charge < -0.3 is 9.72 Å². The van der Waals surface area contributed by atoms with E-state index in [1.54, 1.807) is 0 Å². The summed E-state index contributed by atoms with van der Waals surface area (Å²) in [6.45, 7) is 0.487. The molecule has 114 valence electrons. The van der Waals surface area contributed by atoms with Crippen LogP contribution in [0.1, 0.15) is 5.56 Å². The number of aromatic amines is 1. The summed E-state index contributed by atoms with van der Waals surface area (Å²) in [5, 5.41) is 4.65. The van der Waals surface area contributed by atoms with Gasteiger partial charge in [0.2, 0.25) is 0 Å². The average molecular weight is 386 g/mol. The van der Waals surface area contributed by atoms with E-state index in [-0.39, 0.29) is 5.56 Å². The minimum Gasteiger partial charge on any atom is -0.489 e. The lowest BCUT2D eigenvalue weighted by atomic mass is 10.1. The van der Waals surface area contributed by atoms with Crippen LogP contribution in [0.15, 0.2) is 63.2 Å². The largest absolute Gasteiger partial charge is 0.489 e.